The number of carbonyl (C=O) groups is 1. The highest BCUT2D eigenvalue weighted by atomic mass is 32.2. The van der Waals surface area contributed by atoms with Crippen molar-refractivity contribution >= 4 is 23.4 Å². The van der Waals surface area contributed by atoms with Crippen LogP contribution >= 0.6 is 11.8 Å². The summed E-state index contributed by atoms with van der Waals surface area (Å²) < 4.78 is 1.43. The van der Waals surface area contributed by atoms with E-state index in [1.54, 1.807) is 0 Å². The van der Waals surface area contributed by atoms with Gasteiger partial charge in [-0.2, -0.15) is 0 Å². The summed E-state index contributed by atoms with van der Waals surface area (Å²) in [5.41, 5.74) is 3.04. The highest BCUT2D eigenvalue weighted by Gasteiger charge is 2.11. The van der Waals surface area contributed by atoms with Gasteiger partial charge < -0.3 is 11.2 Å². The van der Waals surface area contributed by atoms with Crippen molar-refractivity contribution in [1.29, 1.82) is 0 Å². The maximum absolute atomic E-state index is 12.0. The average Bonchev–Trinajstić information content (AvgIpc) is 2.80. The summed E-state index contributed by atoms with van der Waals surface area (Å²) in [5.74, 6) is 6.69. The van der Waals surface area contributed by atoms with Crippen LogP contribution in [-0.2, 0) is 11.2 Å². The Morgan fingerprint density at radius 3 is 2.76 bits per heavy atom. The van der Waals surface area contributed by atoms with Crippen LogP contribution in [0.5, 0.6) is 0 Å². The van der Waals surface area contributed by atoms with Gasteiger partial charge in [-0.25, -0.2) is 4.68 Å². The largest absolute Gasteiger partial charge is 0.336 e. The second-order valence-electron chi connectivity index (χ2n) is 4.78. The molecule has 2 rings (SSSR count). The highest BCUT2D eigenvalue weighted by molar-refractivity contribution is 7.99. The summed E-state index contributed by atoms with van der Waals surface area (Å²) in [6, 6.07) is 5.92. The molecule has 0 fully saturated rings. The van der Waals surface area contributed by atoms with Crippen LogP contribution in [0, 0.1) is 13.8 Å². The van der Waals surface area contributed by atoms with E-state index in [0.29, 0.717) is 17.4 Å². The quantitative estimate of drug-likeness (QED) is 0.651. The fourth-order valence-corrected chi connectivity index (χ4v) is 2.59. The van der Waals surface area contributed by atoms with Gasteiger partial charge in [-0.3, -0.25) is 4.79 Å². The number of benzene rings is 1. The van der Waals surface area contributed by atoms with Crippen molar-refractivity contribution in [2.45, 2.75) is 32.3 Å². The standard InChI is InChI=1S/C14H19N5OS/c1-4-12-17-18-14(19(12)15)21-8-13(20)16-11-6-5-9(2)7-10(11)3/h5-7H,4,8,15H2,1-3H3,(H,16,20). The fraction of sp³-hybridized carbons (Fsp3) is 0.357. The molecule has 0 aliphatic carbocycles. The molecule has 0 saturated carbocycles. The normalized spacial score (nSPS) is 10.6. The second-order valence-corrected chi connectivity index (χ2v) is 5.72. The molecule has 0 radical (unpaired) electrons. The Hall–Kier alpha value is -2.02. The van der Waals surface area contributed by atoms with Crippen molar-refractivity contribution in [3.63, 3.8) is 0 Å². The van der Waals surface area contributed by atoms with E-state index in [1.807, 2.05) is 39.0 Å². The summed E-state index contributed by atoms with van der Waals surface area (Å²) in [7, 11) is 0. The molecule has 7 heteroatoms. The smallest absolute Gasteiger partial charge is 0.234 e. The molecule has 0 aliphatic heterocycles. The lowest BCUT2D eigenvalue weighted by molar-refractivity contribution is -0.113. The molecule has 0 unspecified atom stereocenters. The van der Waals surface area contributed by atoms with E-state index >= 15 is 0 Å². The van der Waals surface area contributed by atoms with Gasteiger partial charge in [0.1, 0.15) is 0 Å². The molecule has 1 heterocycles. The third-order valence-electron chi connectivity index (χ3n) is 3.04. The Morgan fingerprint density at radius 1 is 1.38 bits per heavy atom. The van der Waals surface area contributed by atoms with Crippen molar-refractivity contribution in [2.24, 2.45) is 0 Å². The van der Waals surface area contributed by atoms with Crippen LogP contribution in [0.1, 0.15) is 23.9 Å². The van der Waals surface area contributed by atoms with Gasteiger partial charge in [0, 0.05) is 12.1 Å². The number of nitrogens with one attached hydrogen (secondary N) is 1. The Morgan fingerprint density at radius 2 is 2.14 bits per heavy atom. The molecular weight excluding hydrogens is 286 g/mol. The number of nitrogens with two attached hydrogens (primary N) is 1. The maximum atomic E-state index is 12.0. The number of aromatic nitrogens is 3. The summed E-state index contributed by atoms with van der Waals surface area (Å²) in [6.07, 6.45) is 0.707. The fourth-order valence-electron chi connectivity index (χ4n) is 1.92. The number of hydrogen-bond acceptors (Lipinski definition) is 5. The number of amides is 1. The molecule has 6 nitrogen and oxygen atoms in total. The van der Waals surface area contributed by atoms with Crippen LogP contribution in [0.4, 0.5) is 5.69 Å². The molecular formula is C14H19N5OS. The van der Waals surface area contributed by atoms with Crippen molar-refractivity contribution in [3.05, 3.63) is 35.2 Å². The molecule has 21 heavy (non-hydrogen) atoms. The van der Waals surface area contributed by atoms with Gasteiger partial charge in [-0.05, 0) is 25.5 Å². The average molecular weight is 305 g/mol. The Labute approximate surface area is 128 Å². The Balaban J connectivity index is 1.94. The van der Waals surface area contributed by atoms with E-state index < -0.39 is 0 Å². The number of anilines is 1. The first-order chi connectivity index (χ1) is 10.0. The van der Waals surface area contributed by atoms with Crippen LogP contribution in [0.3, 0.4) is 0 Å². The van der Waals surface area contributed by atoms with Crippen molar-refractivity contribution in [2.75, 3.05) is 16.9 Å². The van der Waals surface area contributed by atoms with Gasteiger partial charge in [0.2, 0.25) is 11.1 Å². The molecule has 3 N–H and O–H groups in total. The van der Waals surface area contributed by atoms with Gasteiger partial charge in [-0.15, -0.1) is 10.2 Å². The lowest BCUT2D eigenvalue weighted by atomic mass is 10.1. The monoisotopic (exact) mass is 305 g/mol. The van der Waals surface area contributed by atoms with Crippen LogP contribution in [0.25, 0.3) is 0 Å². The predicted octanol–water partition coefficient (Wildman–Crippen LogP) is 1.90. The minimum absolute atomic E-state index is 0.0898. The highest BCUT2D eigenvalue weighted by Crippen LogP contribution is 2.18. The molecule has 0 bridgehead atoms. The van der Waals surface area contributed by atoms with Crippen LogP contribution in [-0.4, -0.2) is 26.5 Å². The molecule has 0 atom stereocenters. The van der Waals surface area contributed by atoms with Crippen molar-refractivity contribution in [3.8, 4) is 0 Å². The zero-order valence-electron chi connectivity index (χ0n) is 12.4. The predicted molar refractivity (Wildman–Crippen MR) is 84.8 cm³/mol. The first-order valence-electron chi connectivity index (χ1n) is 6.70. The molecule has 0 saturated heterocycles. The molecule has 112 valence electrons. The van der Waals surface area contributed by atoms with Gasteiger partial charge in [-0.1, -0.05) is 36.4 Å². The number of aryl methyl sites for hydroxylation is 3. The number of hydrogen-bond donors (Lipinski definition) is 2. The van der Waals surface area contributed by atoms with E-state index in [1.165, 1.54) is 22.0 Å². The number of nitrogens with zero attached hydrogens (tertiary/aromatic N) is 3. The minimum atomic E-state index is -0.0898. The third kappa shape index (κ3) is 3.75. The Kier molecular flexibility index (Phi) is 4.85. The molecule has 0 aliphatic rings. The van der Waals surface area contributed by atoms with E-state index in [9.17, 15) is 4.79 Å². The number of nitrogen functional groups attached to an aromatic ring is 1. The minimum Gasteiger partial charge on any atom is -0.336 e. The zero-order chi connectivity index (χ0) is 15.4. The zero-order valence-corrected chi connectivity index (χ0v) is 13.2. The number of thioether (sulfide) groups is 1. The maximum Gasteiger partial charge on any atom is 0.234 e. The first-order valence-corrected chi connectivity index (χ1v) is 7.69. The van der Waals surface area contributed by atoms with Crippen molar-refractivity contribution in [1.82, 2.24) is 14.9 Å². The van der Waals surface area contributed by atoms with Crippen molar-refractivity contribution < 1.29 is 4.79 Å². The SMILES string of the molecule is CCc1nnc(SCC(=O)Nc2ccc(C)cc2C)n1N. The van der Waals surface area contributed by atoms with Gasteiger partial charge >= 0.3 is 0 Å². The number of rotatable bonds is 5. The second kappa shape index (κ2) is 6.62. The molecule has 1 amide bonds. The first kappa shape index (κ1) is 15.4. The van der Waals surface area contributed by atoms with Gasteiger partial charge in [0.25, 0.3) is 0 Å². The molecule has 2 aromatic rings. The van der Waals surface area contributed by atoms with Crippen LogP contribution in [0.2, 0.25) is 0 Å². The lowest BCUT2D eigenvalue weighted by Gasteiger charge is -2.08. The summed E-state index contributed by atoms with van der Waals surface area (Å²) in [4.78, 5) is 12.0. The summed E-state index contributed by atoms with van der Waals surface area (Å²) in [5, 5.41) is 11.4. The van der Waals surface area contributed by atoms with E-state index in [0.717, 1.165) is 11.3 Å². The lowest BCUT2D eigenvalue weighted by Crippen LogP contribution is -2.17. The molecule has 1 aromatic heterocycles. The number of carbonyl (C=O) groups excluding carboxylic acids is 1. The van der Waals surface area contributed by atoms with Crippen LogP contribution < -0.4 is 11.2 Å². The summed E-state index contributed by atoms with van der Waals surface area (Å²) >= 11 is 1.27. The summed E-state index contributed by atoms with van der Waals surface area (Å²) in [6.45, 7) is 5.95. The van der Waals surface area contributed by atoms with E-state index in [-0.39, 0.29) is 11.7 Å². The third-order valence-corrected chi connectivity index (χ3v) is 3.98. The molecule has 1 aromatic carbocycles. The van der Waals surface area contributed by atoms with E-state index in [4.69, 9.17) is 5.84 Å². The topological polar surface area (TPSA) is 85.8 Å². The Bertz CT molecular complexity index is 653. The van der Waals surface area contributed by atoms with Crippen LogP contribution in [0.15, 0.2) is 23.4 Å². The van der Waals surface area contributed by atoms with E-state index in [2.05, 4.69) is 15.5 Å². The molecule has 0 spiro atoms. The van der Waals surface area contributed by atoms with Gasteiger partial charge in [0.15, 0.2) is 5.82 Å². The van der Waals surface area contributed by atoms with Gasteiger partial charge in [0.05, 0.1) is 5.75 Å².